The number of hydrogen-bond acceptors (Lipinski definition) is 4. The van der Waals surface area contributed by atoms with Crippen molar-refractivity contribution in [3.8, 4) is 11.5 Å². The summed E-state index contributed by atoms with van der Waals surface area (Å²) in [6.07, 6.45) is 2.42. The number of rotatable bonds is 4. The van der Waals surface area contributed by atoms with Gasteiger partial charge in [0.15, 0.2) is 11.5 Å². The number of likely N-dealkylation sites (tertiary alicyclic amines) is 1. The summed E-state index contributed by atoms with van der Waals surface area (Å²) < 4.78 is 16.7. The summed E-state index contributed by atoms with van der Waals surface area (Å²) in [5, 5.41) is 0. The smallest absolute Gasteiger partial charge is 0.166 e. The van der Waals surface area contributed by atoms with Crippen LogP contribution in [0, 0.1) is 0 Å². The Hall–Kier alpha value is -1.26. The first-order valence-corrected chi connectivity index (χ1v) is 7.01. The molecule has 0 bridgehead atoms. The van der Waals surface area contributed by atoms with Gasteiger partial charge in [0.2, 0.25) is 0 Å². The third kappa shape index (κ3) is 2.55. The van der Waals surface area contributed by atoms with Crippen molar-refractivity contribution in [3.05, 3.63) is 23.8 Å². The van der Waals surface area contributed by atoms with Gasteiger partial charge in [0.05, 0.1) is 6.61 Å². The minimum absolute atomic E-state index is 0.437. The Morgan fingerprint density at radius 1 is 1.32 bits per heavy atom. The zero-order valence-electron chi connectivity index (χ0n) is 11.4. The Morgan fingerprint density at radius 3 is 3.11 bits per heavy atom. The van der Waals surface area contributed by atoms with E-state index in [1.807, 2.05) is 6.07 Å². The summed E-state index contributed by atoms with van der Waals surface area (Å²) >= 11 is 0. The normalized spacial score (nSPS) is 22.7. The minimum atomic E-state index is 0.437. The van der Waals surface area contributed by atoms with Crippen LogP contribution in [0.2, 0.25) is 0 Å². The maximum Gasteiger partial charge on any atom is 0.166 e. The topological polar surface area (TPSA) is 30.9 Å². The molecule has 0 spiro atoms. The van der Waals surface area contributed by atoms with Crippen LogP contribution in [0.5, 0.6) is 11.5 Å². The molecule has 4 heteroatoms. The van der Waals surface area contributed by atoms with Gasteiger partial charge in [-0.25, -0.2) is 0 Å². The van der Waals surface area contributed by atoms with Crippen molar-refractivity contribution in [3.63, 3.8) is 0 Å². The van der Waals surface area contributed by atoms with Gasteiger partial charge in [0.25, 0.3) is 0 Å². The number of fused-ring (bicyclic) bond motifs is 1. The summed E-state index contributed by atoms with van der Waals surface area (Å²) in [7, 11) is 1.76. The summed E-state index contributed by atoms with van der Waals surface area (Å²) in [4.78, 5) is 2.48. The van der Waals surface area contributed by atoms with Gasteiger partial charge in [0, 0.05) is 25.3 Å². The van der Waals surface area contributed by atoms with Crippen molar-refractivity contribution in [1.29, 1.82) is 0 Å². The maximum atomic E-state index is 5.84. The molecule has 104 valence electrons. The molecular formula is C15H21NO3. The molecule has 4 nitrogen and oxygen atoms in total. The van der Waals surface area contributed by atoms with Crippen LogP contribution in [0.3, 0.4) is 0 Å². The summed E-state index contributed by atoms with van der Waals surface area (Å²) in [6.45, 7) is 4.19. The fraction of sp³-hybridized carbons (Fsp3) is 0.600. The van der Waals surface area contributed by atoms with E-state index in [4.69, 9.17) is 14.2 Å². The van der Waals surface area contributed by atoms with Crippen molar-refractivity contribution in [2.45, 2.75) is 18.9 Å². The standard InChI is InChI=1S/C15H21NO3/c1-17-9-8-16-7-3-5-13(16)12-4-2-6-14-15(12)19-11-10-18-14/h2,4,6,13H,3,5,7-11H2,1H3/t13-/m0/s1. The van der Waals surface area contributed by atoms with Crippen LogP contribution in [-0.2, 0) is 4.74 Å². The quantitative estimate of drug-likeness (QED) is 0.833. The highest BCUT2D eigenvalue weighted by Gasteiger charge is 2.30. The molecule has 1 atom stereocenters. The number of ether oxygens (including phenoxy) is 3. The Morgan fingerprint density at radius 2 is 2.21 bits per heavy atom. The fourth-order valence-corrected chi connectivity index (χ4v) is 3.01. The van der Waals surface area contributed by atoms with Crippen molar-refractivity contribution >= 4 is 0 Å². The molecule has 1 saturated heterocycles. The average Bonchev–Trinajstić information content (AvgIpc) is 2.92. The largest absolute Gasteiger partial charge is 0.486 e. The van der Waals surface area contributed by atoms with Gasteiger partial charge < -0.3 is 14.2 Å². The molecule has 0 aromatic heterocycles. The van der Waals surface area contributed by atoms with E-state index < -0.39 is 0 Å². The molecule has 0 unspecified atom stereocenters. The molecule has 0 aliphatic carbocycles. The monoisotopic (exact) mass is 263 g/mol. The number of methoxy groups -OCH3 is 1. The van der Waals surface area contributed by atoms with Gasteiger partial charge >= 0.3 is 0 Å². The van der Waals surface area contributed by atoms with Crippen molar-refractivity contribution < 1.29 is 14.2 Å². The lowest BCUT2D eigenvalue weighted by molar-refractivity contribution is 0.135. The van der Waals surface area contributed by atoms with Crippen molar-refractivity contribution in [1.82, 2.24) is 4.90 Å². The molecule has 0 amide bonds. The minimum Gasteiger partial charge on any atom is -0.486 e. The Balaban J connectivity index is 1.84. The van der Waals surface area contributed by atoms with Crippen LogP contribution in [0.4, 0.5) is 0 Å². The van der Waals surface area contributed by atoms with Gasteiger partial charge in [-0.2, -0.15) is 0 Å². The van der Waals surface area contributed by atoms with Gasteiger partial charge in [-0.3, -0.25) is 4.90 Å². The lowest BCUT2D eigenvalue weighted by atomic mass is 10.0. The summed E-state index contributed by atoms with van der Waals surface area (Å²) in [5.41, 5.74) is 1.27. The second-order valence-electron chi connectivity index (χ2n) is 5.06. The lowest BCUT2D eigenvalue weighted by Crippen LogP contribution is -2.28. The first-order chi connectivity index (χ1) is 9.40. The molecule has 0 radical (unpaired) electrons. The van der Waals surface area contributed by atoms with Gasteiger partial charge in [-0.1, -0.05) is 12.1 Å². The number of hydrogen-bond donors (Lipinski definition) is 0. The molecular weight excluding hydrogens is 242 g/mol. The Bertz CT molecular complexity index is 435. The molecule has 1 aromatic rings. The Labute approximate surface area is 114 Å². The molecule has 1 fully saturated rings. The molecule has 2 heterocycles. The van der Waals surface area contributed by atoms with Crippen LogP contribution in [0.15, 0.2) is 18.2 Å². The highest BCUT2D eigenvalue weighted by Crippen LogP contribution is 2.42. The molecule has 2 aliphatic heterocycles. The second-order valence-corrected chi connectivity index (χ2v) is 5.06. The van der Waals surface area contributed by atoms with E-state index in [-0.39, 0.29) is 0 Å². The summed E-state index contributed by atoms with van der Waals surface area (Å²) in [5.74, 6) is 1.84. The van der Waals surface area contributed by atoms with Crippen LogP contribution in [0.25, 0.3) is 0 Å². The molecule has 19 heavy (non-hydrogen) atoms. The summed E-state index contributed by atoms with van der Waals surface area (Å²) in [6, 6.07) is 6.66. The van der Waals surface area contributed by atoms with E-state index in [2.05, 4.69) is 17.0 Å². The Kier molecular flexibility index (Phi) is 3.89. The van der Waals surface area contributed by atoms with Crippen LogP contribution < -0.4 is 9.47 Å². The molecule has 0 N–H and O–H groups in total. The van der Waals surface area contributed by atoms with Crippen LogP contribution >= 0.6 is 0 Å². The van der Waals surface area contributed by atoms with Crippen molar-refractivity contribution in [2.24, 2.45) is 0 Å². The average molecular weight is 263 g/mol. The molecule has 1 aromatic carbocycles. The molecule has 3 rings (SSSR count). The van der Waals surface area contributed by atoms with Crippen molar-refractivity contribution in [2.75, 3.05) is 40.0 Å². The number of nitrogens with zero attached hydrogens (tertiary/aromatic N) is 1. The zero-order valence-corrected chi connectivity index (χ0v) is 11.4. The highest BCUT2D eigenvalue weighted by molar-refractivity contribution is 5.49. The lowest BCUT2D eigenvalue weighted by Gasteiger charge is -2.28. The van der Waals surface area contributed by atoms with E-state index in [9.17, 15) is 0 Å². The van der Waals surface area contributed by atoms with E-state index in [0.717, 1.165) is 31.2 Å². The predicted molar refractivity (Wildman–Crippen MR) is 72.9 cm³/mol. The van der Waals surface area contributed by atoms with E-state index in [0.29, 0.717) is 19.3 Å². The third-order valence-electron chi connectivity index (χ3n) is 3.90. The van der Waals surface area contributed by atoms with E-state index in [1.165, 1.54) is 18.4 Å². The van der Waals surface area contributed by atoms with Gasteiger partial charge in [-0.15, -0.1) is 0 Å². The molecule has 0 saturated carbocycles. The first kappa shape index (κ1) is 12.8. The highest BCUT2D eigenvalue weighted by atomic mass is 16.6. The van der Waals surface area contributed by atoms with Gasteiger partial charge in [0.1, 0.15) is 13.2 Å². The maximum absolute atomic E-state index is 5.84. The second kappa shape index (κ2) is 5.80. The predicted octanol–water partition coefficient (Wildman–Crippen LogP) is 2.24. The molecule has 2 aliphatic rings. The number of para-hydroxylation sites is 1. The zero-order chi connectivity index (χ0) is 13.1. The van der Waals surface area contributed by atoms with E-state index in [1.54, 1.807) is 7.11 Å². The number of benzene rings is 1. The SMILES string of the molecule is COCCN1CCC[C@H]1c1cccc2c1OCCO2. The van der Waals surface area contributed by atoms with Crippen LogP contribution in [-0.4, -0.2) is 44.9 Å². The first-order valence-electron chi connectivity index (χ1n) is 7.01. The fourth-order valence-electron chi connectivity index (χ4n) is 3.01. The van der Waals surface area contributed by atoms with Crippen LogP contribution in [0.1, 0.15) is 24.4 Å². The van der Waals surface area contributed by atoms with Gasteiger partial charge in [-0.05, 0) is 25.5 Å². The third-order valence-corrected chi connectivity index (χ3v) is 3.90. The van der Waals surface area contributed by atoms with E-state index >= 15 is 0 Å².